The van der Waals surface area contributed by atoms with Crippen LogP contribution in [0.5, 0.6) is 5.75 Å². The second-order valence-corrected chi connectivity index (χ2v) is 6.71. The maximum Gasteiger partial charge on any atom is 0.303 e. The molecule has 8 nitrogen and oxygen atoms in total. The summed E-state index contributed by atoms with van der Waals surface area (Å²) in [6.45, 7) is -5.91. The van der Waals surface area contributed by atoms with Crippen LogP contribution in [0.3, 0.4) is 0 Å². The summed E-state index contributed by atoms with van der Waals surface area (Å²) >= 11 is 0. The number of aliphatic hydroxyl groups is 1. The van der Waals surface area contributed by atoms with Crippen molar-refractivity contribution in [3.63, 3.8) is 0 Å². The summed E-state index contributed by atoms with van der Waals surface area (Å²) in [6.07, 6.45) is 3.01. The number of hydrogen-bond acceptors (Lipinski definition) is 5. The molecule has 0 radical (unpaired) electrons. The summed E-state index contributed by atoms with van der Waals surface area (Å²) in [5.41, 5.74) is -0.537. The zero-order valence-electron chi connectivity index (χ0n) is 21.6. The number of likely N-dealkylation sites (N-methyl/N-ethyl adjacent to an activating group) is 1. The fourth-order valence-electron chi connectivity index (χ4n) is 3.20. The van der Waals surface area contributed by atoms with Crippen molar-refractivity contribution in [3.8, 4) is 5.75 Å². The minimum absolute atomic E-state index is 0. The van der Waals surface area contributed by atoms with Gasteiger partial charge in [-0.25, -0.2) is 0 Å². The van der Waals surface area contributed by atoms with Crippen molar-refractivity contribution in [2.45, 2.75) is 56.5 Å². The zero-order valence-corrected chi connectivity index (χ0v) is 15.6. The quantitative estimate of drug-likeness (QED) is 0.540. The molecule has 1 aliphatic carbocycles. The van der Waals surface area contributed by atoms with E-state index < -0.39 is 37.4 Å². The third kappa shape index (κ3) is 9.16. The van der Waals surface area contributed by atoms with E-state index in [0.717, 1.165) is 19.3 Å². The van der Waals surface area contributed by atoms with Crippen molar-refractivity contribution < 1.29 is 43.7 Å². The Morgan fingerprint density at radius 2 is 1.57 bits per heavy atom. The fraction of sp³-hybridized carbons (Fsp3) is 0.600. The van der Waals surface area contributed by atoms with Gasteiger partial charge in [-0.2, -0.15) is 0 Å². The lowest BCUT2D eigenvalue weighted by molar-refractivity contribution is -0.143. The smallest absolute Gasteiger partial charge is 0.303 e. The molecular formula is C20H33NO7. The first-order chi connectivity index (χ1) is 15.1. The molecule has 6 N–H and O–H groups in total. The van der Waals surface area contributed by atoms with Gasteiger partial charge in [0.25, 0.3) is 0 Å². The Hall–Kier alpha value is -2.16. The molecule has 1 fully saturated rings. The molecule has 1 aromatic carbocycles. The Morgan fingerprint density at radius 1 is 1.07 bits per heavy atom. The number of phenolic OH excluding ortho intramolecular Hbond substituents is 1. The van der Waals surface area contributed by atoms with Crippen LogP contribution in [0, 0.1) is 0 Å². The van der Waals surface area contributed by atoms with Crippen molar-refractivity contribution in [2.75, 3.05) is 20.5 Å². The normalized spacial score (nSPS) is 20.4. The Balaban J connectivity index is 0.00000104. The largest absolute Gasteiger partial charge is 0.508 e. The van der Waals surface area contributed by atoms with Gasteiger partial charge in [-0.1, -0.05) is 31.4 Å². The standard InChI is InChI=1S/C16H25NO2.C4H6O4.H2O/c1-17(2)12-15(13-6-8-14(18)9-7-13)16(19)10-4-3-5-11-16;5-3(6)1-2-4(7)8;/h6-9,15,18-19H,3-5,10-12H2,1-2H3;1-2H2,(H,5,6)(H,7,8);1H2/i1D3,2D3;;. The number of nitrogens with zero attached hydrogens (tertiary/aromatic N) is 1. The van der Waals surface area contributed by atoms with E-state index >= 15 is 0 Å². The number of aliphatic carboxylic acids is 2. The van der Waals surface area contributed by atoms with Crippen LogP contribution in [0.25, 0.3) is 0 Å². The summed E-state index contributed by atoms with van der Waals surface area (Å²) in [6, 6.07) is 6.15. The Kier molecular flexibility index (Phi) is 7.38. The molecule has 2 rings (SSSR count). The number of carboxylic acids is 2. The second kappa shape index (κ2) is 12.3. The second-order valence-electron chi connectivity index (χ2n) is 6.71. The third-order valence-corrected chi connectivity index (χ3v) is 4.58. The minimum Gasteiger partial charge on any atom is -0.508 e. The van der Waals surface area contributed by atoms with Gasteiger partial charge in [0.1, 0.15) is 5.75 Å². The van der Waals surface area contributed by atoms with Crippen molar-refractivity contribution in [1.29, 1.82) is 0 Å². The van der Waals surface area contributed by atoms with Gasteiger partial charge >= 0.3 is 11.9 Å². The number of phenols is 1. The molecule has 1 aliphatic rings. The molecule has 160 valence electrons. The molecule has 8 heteroatoms. The minimum atomic E-state index is -2.80. The third-order valence-electron chi connectivity index (χ3n) is 4.58. The molecule has 0 aromatic heterocycles. The van der Waals surface area contributed by atoms with Crippen LogP contribution in [0.15, 0.2) is 24.3 Å². The summed E-state index contributed by atoms with van der Waals surface area (Å²) in [5, 5.41) is 36.5. The number of aromatic hydroxyl groups is 1. The van der Waals surface area contributed by atoms with E-state index in [4.69, 9.17) is 18.4 Å². The Labute approximate surface area is 174 Å². The number of carboxylic acid groups (broad SMARTS) is 2. The first-order valence-corrected chi connectivity index (χ1v) is 8.79. The van der Waals surface area contributed by atoms with Crippen LogP contribution < -0.4 is 0 Å². The van der Waals surface area contributed by atoms with Gasteiger partial charge in [-0.3, -0.25) is 9.59 Å². The van der Waals surface area contributed by atoms with Gasteiger partial charge in [0.2, 0.25) is 0 Å². The molecule has 0 amide bonds. The van der Waals surface area contributed by atoms with E-state index in [1.165, 1.54) is 12.1 Å². The van der Waals surface area contributed by atoms with Crippen molar-refractivity contribution in [1.82, 2.24) is 4.90 Å². The van der Waals surface area contributed by atoms with E-state index in [2.05, 4.69) is 0 Å². The highest BCUT2D eigenvalue weighted by Gasteiger charge is 2.38. The summed E-state index contributed by atoms with van der Waals surface area (Å²) < 4.78 is 45.5. The van der Waals surface area contributed by atoms with E-state index in [1.54, 1.807) is 12.1 Å². The summed E-state index contributed by atoms with van der Waals surface area (Å²) in [7, 11) is 0. The van der Waals surface area contributed by atoms with Gasteiger partial charge in [0.15, 0.2) is 0 Å². The first-order valence-electron chi connectivity index (χ1n) is 11.8. The summed E-state index contributed by atoms with van der Waals surface area (Å²) in [5.74, 6) is -2.77. The monoisotopic (exact) mass is 405 g/mol. The van der Waals surface area contributed by atoms with E-state index in [9.17, 15) is 19.8 Å². The first kappa shape index (κ1) is 16.8. The van der Waals surface area contributed by atoms with Gasteiger partial charge in [0, 0.05) is 20.7 Å². The average molecular weight is 406 g/mol. The molecule has 1 saturated carbocycles. The highest BCUT2D eigenvalue weighted by atomic mass is 16.4. The van der Waals surface area contributed by atoms with E-state index in [1.807, 2.05) is 0 Å². The molecular weight excluding hydrogens is 366 g/mol. The van der Waals surface area contributed by atoms with Crippen LogP contribution in [0.1, 0.15) is 64.7 Å². The van der Waals surface area contributed by atoms with Gasteiger partial charge < -0.3 is 30.8 Å². The van der Waals surface area contributed by atoms with Crippen LogP contribution in [0.4, 0.5) is 0 Å². The lowest BCUT2D eigenvalue weighted by atomic mass is 9.72. The van der Waals surface area contributed by atoms with Crippen molar-refractivity contribution >= 4 is 11.9 Å². The topological polar surface area (TPSA) is 150 Å². The number of rotatable bonds is 7. The number of carbonyl (C=O) groups is 2. The molecule has 0 spiro atoms. The van der Waals surface area contributed by atoms with Gasteiger partial charge in [-0.05, 0) is 44.5 Å². The molecule has 1 unspecified atom stereocenters. The highest BCUT2D eigenvalue weighted by molar-refractivity contribution is 5.75. The molecule has 28 heavy (non-hydrogen) atoms. The molecule has 1 atom stereocenters. The predicted octanol–water partition coefficient (Wildman–Crippen LogP) is 1.84. The molecule has 0 heterocycles. The number of hydrogen-bond donors (Lipinski definition) is 4. The Bertz CT molecular complexity index is 749. The van der Waals surface area contributed by atoms with Crippen LogP contribution in [-0.2, 0) is 9.59 Å². The SMILES string of the molecule is O.O=C(O)CCC(=O)O.[2H]C([2H])([2H])N(CC(c1ccc(O)cc1)C1(O)CCCCC1)C([2H])([2H])[2H]. The van der Waals surface area contributed by atoms with Crippen molar-refractivity contribution in [3.05, 3.63) is 29.8 Å². The maximum atomic E-state index is 11.2. The predicted molar refractivity (Wildman–Crippen MR) is 106 cm³/mol. The van der Waals surface area contributed by atoms with Gasteiger partial charge in [0.05, 0.1) is 18.4 Å². The number of benzene rings is 1. The zero-order chi connectivity index (χ0) is 25.4. The molecule has 0 saturated heterocycles. The lowest BCUT2D eigenvalue weighted by Gasteiger charge is -2.40. The van der Waals surface area contributed by atoms with E-state index in [0.29, 0.717) is 23.3 Å². The van der Waals surface area contributed by atoms with Crippen LogP contribution >= 0.6 is 0 Å². The van der Waals surface area contributed by atoms with Crippen LogP contribution in [0.2, 0.25) is 0 Å². The van der Waals surface area contributed by atoms with Crippen molar-refractivity contribution in [2.24, 2.45) is 0 Å². The highest BCUT2D eigenvalue weighted by Crippen LogP contribution is 2.40. The van der Waals surface area contributed by atoms with Gasteiger partial charge in [-0.15, -0.1) is 0 Å². The van der Waals surface area contributed by atoms with Crippen LogP contribution in [-0.4, -0.2) is 68.8 Å². The summed E-state index contributed by atoms with van der Waals surface area (Å²) in [4.78, 5) is 19.8. The molecule has 1 aromatic rings. The lowest BCUT2D eigenvalue weighted by Crippen LogP contribution is -2.42. The molecule has 0 aliphatic heterocycles. The molecule has 0 bridgehead atoms. The fourth-order valence-corrected chi connectivity index (χ4v) is 3.20. The average Bonchev–Trinajstić information content (AvgIpc) is 2.67. The van der Waals surface area contributed by atoms with E-state index in [-0.39, 0.29) is 30.6 Å². The maximum absolute atomic E-state index is 11.2. The Morgan fingerprint density at radius 3 is 2.00 bits per heavy atom.